The average Bonchev–Trinajstić information content (AvgIpc) is 2.20. The van der Waals surface area contributed by atoms with Crippen molar-refractivity contribution in [3.8, 4) is 0 Å². The predicted molar refractivity (Wildman–Crippen MR) is 71.3 cm³/mol. The number of nitrogens with two attached hydrogens (primary N) is 1. The van der Waals surface area contributed by atoms with E-state index in [2.05, 4.69) is 44.8 Å². The van der Waals surface area contributed by atoms with Gasteiger partial charge in [0.15, 0.2) is 0 Å². The Hall–Kier alpha value is 0.0834. The van der Waals surface area contributed by atoms with Crippen LogP contribution in [0.4, 0.5) is 0 Å². The number of rotatable bonds is 1. The zero-order valence-electron chi connectivity index (χ0n) is 9.15. The number of unbranched alkanes of at least 4 members (excludes halogenated alkanes) is 1. The maximum Gasteiger partial charge on any atom is 2.00 e. The molecule has 0 bridgehead atoms. The summed E-state index contributed by atoms with van der Waals surface area (Å²) in [5.74, 6) is 0. The summed E-state index contributed by atoms with van der Waals surface area (Å²) in [5.41, 5.74) is 4.71. The van der Waals surface area contributed by atoms with E-state index in [4.69, 9.17) is 5.73 Å². The van der Waals surface area contributed by atoms with Gasteiger partial charge in [0.2, 0.25) is 0 Å². The van der Waals surface area contributed by atoms with Crippen LogP contribution in [0.2, 0.25) is 0 Å². The maximum absolute atomic E-state index is 4.71. The molecule has 2 N–H and O–H groups in total. The van der Waals surface area contributed by atoms with E-state index in [9.17, 15) is 0 Å². The number of thiocarbonyl (C=S) groups is 1. The van der Waals surface area contributed by atoms with E-state index in [-0.39, 0.29) is 23.8 Å². The molecule has 1 rings (SSSR count). The summed E-state index contributed by atoms with van der Waals surface area (Å²) in [6.45, 7) is 5.72. The summed E-state index contributed by atoms with van der Waals surface area (Å²) in [4.78, 5) is 0. The zero-order valence-corrected chi connectivity index (χ0v) is 13.8. The summed E-state index contributed by atoms with van der Waals surface area (Å²) in [6, 6.07) is 12.5. The molecule has 0 unspecified atom stereocenters. The third-order valence-corrected chi connectivity index (χ3v) is 0.961. The van der Waals surface area contributed by atoms with Crippen LogP contribution in [-0.2, 0) is 19.5 Å². The predicted octanol–water partition coefficient (Wildman–Crippen LogP) is 3.26. The average molecular weight is 293 g/mol. The first-order valence-corrected chi connectivity index (χ1v) is 5.19. The molecule has 0 radical (unpaired) electrons. The second-order valence-electron chi connectivity index (χ2n) is 2.27. The second-order valence-corrected chi connectivity index (χ2v) is 3.49. The first-order valence-electron chi connectivity index (χ1n) is 4.33. The van der Waals surface area contributed by atoms with Crippen molar-refractivity contribution in [2.45, 2.75) is 19.8 Å². The Labute approximate surface area is 117 Å². The SMILES string of the molecule is NC(=S)S.[CH2-]CCC.[Zn+2].[c-]1ccccc1. The normalized spacial score (nSPS) is 6.87. The van der Waals surface area contributed by atoms with Gasteiger partial charge in [0.25, 0.3) is 0 Å². The Morgan fingerprint density at radius 3 is 1.80 bits per heavy atom. The van der Waals surface area contributed by atoms with Gasteiger partial charge in [-0.25, -0.2) is 0 Å². The molecule has 0 amide bonds. The fourth-order valence-electron chi connectivity index (χ4n) is 0.342. The second kappa shape index (κ2) is 19.6. The van der Waals surface area contributed by atoms with Crippen molar-refractivity contribution in [2.24, 2.45) is 5.73 Å². The molecule has 1 aromatic carbocycles. The van der Waals surface area contributed by atoms with Crippen LogP contribution in [0.15, 0.2) is 30.3 Å². The van der Waals surface area contributed by atoms with Crippen LogP contribution in [0, 0.1) is 13.0 Å². The van der Waals surface area contributed by atoms with Crippen molar-refractivity contribution in [3.63, 3.8) is 0 Å². The van der Waals surface area contributed by atoms with Crippen molar-refractivity contribution < 1.29 is 19.5 Å². The smallest absolute Gasteiger partial charge is 0.385 e. The standard InChI is InChI=1S/C6H5.C4H9.CH3NS2.Zn/c1-2-4-6-5-3-1;1-3-4-2;2-1(3)4;/h1-5H;1,3-4H2,2H3;(H3,2,3,4);/q2*-1;;+2. The van der Waals surface area contributed by atoms with Crippen molar-refractivity contribution in [3.05, 3.63) is 43.3 Å². The molecule has 0 aliphatic rings. The molecule has 15 heavy (non-hydrogen) atoms. The van der Waals surface area contributed by atoms with Crippen molar-refractivity contribution in [1.82, 2.24) is 0 Å². The number of hydrogen-bond donors (Lipinski definition) is 2. The molecule has 80 valence electrons. The van der Waals surface area contributed by atoms with Crippen LogP contribution in [0.3, 0.4) is 0 Å². The molecule has 0 spiro atoms. The van der Waals surface area contributed by atoms with Crippen LogP contribution in [0.25, 0.3) is 0 Å². The van der Waals surface area contributed by atoms with Gasteiger partial charge < -0.3 is 12.7 Å². The maximum atomic E-state index is 4.71. The Morgan fingerprint density at radius 1 is 1.40 bits per heavy atom. The van der Waals surface area contributed by atoms with Gasteiger partial charge in [0.1, 0.15) is 4.32 Å². The number of thiol groups is 1. The summed E-state index contributed by atoms with van der Waals surface area (Å²) in [6.07, 6.45) is 2.28. The van der Waals surface area contributed by atoms with Crippen LogP contribution >= 0.6 is 24.8 Å². The monoisotopic (exact) mass is 291 g/mol. The first-order chi connectivity index (χ1) is 6.65. The van der Waals surface area contributed by atoms with E-state index in [1.165, 1.54) is 6.42 Å². The number of hydrogen-bond acceptors (Lipinski definition) is 1. The Balaban J connectivity index is -0.000000145. The van der Waals surface area contributed by atoms with Gasteiger partial charge in [0, 0.05) is 0 Å². The third-order valence-electron chi connectivity index (χ3n) is 0.961. The van der Waals surface area contributed by atoms with Gasteiger partial charge >= 0.3 is 19.5 Å². The van der Waals surface area contributed by atoms with Crippen molar-refractivity contribution in [1.29, 1.82) is 0 Å². The fourth-order valence-corrected chi connectivity index (χ4v) is 0.342. The molecule has 0 aliphatic carbocycles. The minimum absolute atomic E-state index is 0. The molecule has 0 fully saturated rings. The van der Waals surface area contributed by atoms with E-state index in [0.29, 0.717) is 0 Å². The topological polar surface area (TPSA) is 26.0 Å². The zero-order chi connectivity index (χ0) is 11.2. The quantitative estimate of drug-likeness (QED) is 0.360. The van der Waals surface area contributed by atoms with E-state index in [1.54, 1.807) is 0 Å². The fraction of sp³-hybridized carbons (Fsp3) is 0.273. The molecular formula is C11H17NS2Zn. The molecule has 0 aromatic heterocycles. The summed E-state index contributed by atoms with van der Waals surface area (Å²) < 4.78 is 0.194. The molecule has 1 aromatic rings. The van der Waals surface area contributed by atoms with Crippen LogP contribution in [0.1, 0.15) is 19.8 Å². The van der Waals surface area contributed by atoms with Gasteiger partial charge in [-0.15, -0.1) is 12.6 Å². The Kier molecular flexibility index (Phi) is 26.8. The third kappa shape index (κ3) is 41.0. The minimum atomic E-state index is 0. The molecule has 1 nitrogen and oxygen atoms in total. The van der Waals surface area contributed by atoms with Crippen LogP contribution in [-0.4, -0.2) is 4.32 Å². The van der Waals surface area contributed by atoms with Crippen molar-refractivity contribution in [2.75, 3.05) is 0 Å². The molecule has 0 atom stereocenters. The minimum Gasteiger partial charge on any atom is -0.385 e. The molecule has 0 heterocycles. The molecule has 0 aliphatic heterocycles. The van der Waals surface area contributed by atoms with E-state index in [1.807, 2.05) is 30.3 Å². The summed E-state index contributed by atoms with van der Waals surface area (Å²) >= 11 is 7.65. The summed E-state index contributed by atoms with van der Waals surface area (Å²) in [7, 11) is 0. The van der Waals surface area contributed by atoms with Crippen molar-refractivity contribution >= 4 is 29.2 Å². The van der Waals surface area contributed by atoms with E-state index < -0.39 is 0 Å². The Bertz CT molecular complexity index is 172. The van der Waals surface area contributed by atoms with Gasteiger partial charge in [-0.2, -0.15) is 42.8 Å². The van der Waals surface area contributed by atoms with Gasteiger partial charge in [-0.1, -0.05) is 25.6 Å². The molecule has 4 heteroatoms. The molecular weight excluding hydrogens is 276 g/mol. The molecule has 0 saturated carbocycles. The molecule has 0 saturated heterocycles. The summed E-state index contributed by atoms with van der Waals surface area (Å²) in [5, 5.41) is 0. The van der Waals surface area contributed by atoms with Gasteiger partial charge in [0.05, 0.1) is 0 Å². The van der Waals surface area contributed by atoms with Gasteiger partial charge in [-0.3, -0.25) is 0 Å². The largest absolute Gasteiger partial charge is 2.00 e. The van der Waals surface area contributed by atoms with E-state index in [0.717, 1.165) is 6.42 Å². The van der Waals surface area contributed by atoms with Crippen LogP contribution in [0.5, 0.6) is 0 Å². The first kappa shape index (κ1) is 20.5. The number of benzene rings is 1. The van der Waals surface area contributed by atoms with Gasteiger partial charge in [-0.05, 0) is 0 Å². The van der Waals surface area contributed by atoms with E-state index >= 15 is 0 Å². The van der Waals surface area contributed by atoms with Crippen LogP contribution < -0.4 is 5.73 Å². The Morgan fingerprint density at radius 2 is 1.73 bits per heavy atom.